The molecule has 1 aromatic carbocycles. The van der Waals surface area contributed by atoms with Crippen LogP contribution in [-0.4, -0.2) is 18.3 Å². The van der Waals surface area contributed by atoms with Crippen molar-refractivity contribution in [3.8, 4) is 0 Å². The molecule has 0 unspecified atom stereocenters. The van der Waals surface area contributed by atoms with Gasteiger partial charge in [0.1, 0.15) is 11.3 Å². The van der Waals surface area contributed by atoms with Crippen LogP contribution < -0.4 is 0 Å². The summed E-state index contributed by atoms with van der Waals surface area (Å²) >= 11 is 0. The average Bonchev–Trinajstić information content (AvgIpc) is 2.69. The van der Waals surface area contributed by atoms with Gasteiger partial charge < -0.3 is 9.31 Å². The second kappa shape index (κ2) is 6.23. The highest BCUT2D eigenvalue weighted by Crippen LogP contribution is 2.41. The van der Waals surface area contributed by atoms with E-state index in [1.807, 2.05) is 0 Å². The Morgan fingerprint density at radius 2 is 1.27 bits per heavy atom. The van der Waals surface area contributed by atoms with Crippen molar-refractivity contribution in [3.63, 3.8) is 0 Å². The highest BCUT2D eigenvalue weighted by atomic mass is 19.4. The fourth-order valence-corrected chi connectivity index (χ4v) is 2.22. The van der Waals surface area contributed by atoms with Gasteiger partial charge in [0.15, 0.2) is 23.3 Å². The molecule has 0 atom stereocenters. The first-order valence-corrected chi connectivity index (χ1v) is 7.26. The Labute approximate surface area is 143 Å². The van der Waals surface area contributed by atoms with E-state index in [9.17, 15) is 35.1 Å². The maximum absolute atomic E-state index is 14.3. The van der Waals surface area contributed by atoms with Crippen molar-refractivity contribution < 1.29 is 44.4 Å². The number of alkyl halides is 3. The summed E-state index contributed by atoms with van der Waals surface area (Å²) in [7, 11) is -1.84. The van der Waals surface area contributed by atoms with Crippen LogP contribution in [0.5, 0.6) is 0 Å². The minimum absolute atomic E-state index is 0.119. The Hall–Kier alpha value is -1.62. The minimum atomic E-state index is -5.61. The van der Waals surface area contributed by atoms with E-state index in [0.717, 1.165) is 0 Å². The summed E-state index contributed by atoms with van der Waals surface area (Å²) in [5.74, 6) is -10.2. The van der Waals surface area contributed by atoms with Crippen LogP contribution in [0.3, 0.4) is 0 Å². The Morgan fingerprint density at radius 3 is 1.69 bits per heavy atom. The largest absolute Gasteiger partial charge is 0.525 e. The number of hydrogen-bond acceptors (Lipinski definition) is 2. The van der Waals surface area contributed by atoms with Crippen LogP contribution in [0.15, 0.2) is 5.73 Å². The van der Waals surface area contributed by atoms with Gasteiger partial charge in [-0.1, -0.05) is 0 Å². The molecule has 144 valence electrons. The van der Waals surface area contributed by atoms with Gasteiger partial charge in [0.05, 0.1) is 11.2 Å². The lowest BCUT2D eigenvalue weighted by Gasteiger charge is -2.32. The number of hydrogen-bond donors (Lipinski definition) is 0. The van der Waals surface area contributed by atoms with Crippen LogP contribution in [0.4, 0.5) is 35.1 Å². The molecule has 0 aromatic heterocycles. The van der Waals surface area contributed by atoms with Gasteiger partial charge in [0, 0.05) is 5.56 Å². The third kappa shape index (κ3) is 3.34. The molecule has 0 bridgehead atoms. The fourth-order valence-electron chi connectivity index (χ4n) is 2.22. The molecule has 0 aliphatic carbocycles. The standard InChI is InChI=1S/C15H13BF8O2/c1-13(2)14(3,4)26-16(25-13)7(17)5-6-8(15(22,23)24)10(19)12(21)11(20)9(6)18/h5H,1-4H3. The summed E-state index contributed by atoms with van der Waals surface area (Å²) < 4.78 is 117. The van der Waals surface area contributed by atoms with Crippen LogP contribution >= 0.6 is 0 Å². The molecule has 1 aromatic rings. The third-order valence-electron chi connectivity index (χ3n) is 4.35. The zero-order chi connectivity index (χ0) is 20.2. The van der Waals surface area contributed by atoms with Crippen molar-refractivity contribution in [2.45, 2.75) is 45.1 Å². The average molecular weight is 388 g/mol. The molecular weight excluding hydrogens is 375 g/mol. The highest BCUT2D eigenvalue weighted by molar-refractivity contribution is 6.54. The molecule has 1 aliphatic rings. The molecule has 2 nitrogen and oxygen atoms in total. The van der Waals surface area contributed by atoms with Crippen molar-refractivity contribution in [3.05, 3.63) is 40.1 Å². The molecule has 1 fully saturated rings. The van der Waals surface area contributed by atoms with E-state index in [4.69, 9.17) is 9.31 Å². The lowest BCUT2D eigenvalue weighted by molar-refractivity contribution is -0.140. The molecule has 0 saturated carbocycles. The topological polar surface area (TPSA) is 18.5 Å². The van der Waals surface area contributed by atoms with Crippen LogP contribution in [-0.2, 0) is 15.5 Å². The lowest BCUT2D eigenvalue weighted by Crippen LogP contribution is -2.41. The smallest absolute Gasteiger partial charge is 0.398 e. The zero-order valence-electron chi connectivity index (χ0n) is 14.0. The minimum Gasteiger partial charge on any atom is -0.398 e. The molecule has 0 N–H and O–H groups in total. The Morgan fingerprint density at radius 1 is 0.846 bits per heavy atom. The van der Waals surface area contributed by atoms with Crippen LogP contribution in [0.2, 0.25) is 0 Å². The number of halogens is 8. The molecule has 0 amide bonds. The van der Waals surface area contributed by atoms with Crippen molar-refractivity contribution in [2.75, 3.05) is 0 Å². The van der Waals surface area contributed by atoms with E-state index < -0.39 is 64.6 Å². The van der Waals surface area contributed by atoms with Gasteiger partial charge in [-0.05, 0) is 33.8 Å². The number of benzene rings is 1. The van der Waals surface area contributed by atoms with Crippen molar-refractivity contribution in [1.29, 1.82) is 0 Å². The van der Waals surface area contributed by atoms with E-state index in [0.29, 0.717) is 0 Å². The fraction of sp³-hybridized carbons (Fsp3) is 0.467. The van der Waals surface area contributed by atoms with Gasteiger partial charge in [0.2, 0.25) is 0 Å². The second-order valence-electron chi connectivity index (χ2n) is 6.66. The van der Waals surface area contributed by atoms with Gasteiger partial charge in [-0.2, -0.15) is 13.2 Å². The third-order valence-corrected chi connectivity index (χ3v) is 4.35. The lowest BCUT2D eigenvalue weighted by atomic mass is 9.86. The van der Waals surface area contributed by atoms with Crippen molar-refractivity contribution in [2.24, 2.45) is 0 Å². The second-order valence-corrected chi connectivity index (χ2v) is 6.66. The molecular formula is C15H13BF8O2. The molecule has 26 heavy (non-hydrogen) atoms. The van der Waals surface area contributed by atoms with E-state index >= 15 is 0 Å². The van der Waals surface area contributed by atoms with Gasteiger partial charge in [-0.15, -0.1) is 0 Å². The summed E-state index contributed by atoms with van der Waals surface area (Å²) in [6.45, 7) is 6.05. The van der Waals surface area contributed by atoms with Gasteiger partial charge in [-0.25, -0.2) is 22.0 Å². The van der Waals surface area contributed by atoms with Crippen LogP contribution in [0, 0.1) is 23.3 Å². The Kier molecular flexibility index (Phi) is 4.95. The molecule has 1 heterocycles. The molecule has 0 radical (unpaired) electrons. The summed E-state index contributed by atoms with van der Waals surface area (Å²) in [5.41, 5.74) is -8.03. The maximum atomic E-state index is 14.3. The molecule has 1 aliphatic heterocycles. The predicted molar refractivity (Wildman–Crippen MR) is 76.4 cm³/mol. The summed E-state index contributed by atoms with van der Waals surface area (Å²) in [6.07, 6.45) is -5.73. The Bertz CT molecular complexity index is 754. The van der Waals surface area contributed by atoms with Gasteiger partial charge in [-0.3, -0.25) is 0 Å². The first-order valence-electron chi connectivity index (χ1n) is 7.26. The van der Waals surface area contributed by atoms with Gasteiger partial charge in [0.25, 0.3) is 0 Å². The van der Waals surface area contributed by atoms with Gasteiger partial charge >= 0.3 is 13.3 Å². The van der Waals surface area contributed by atoms with Crippen LogP contribution in [0.1, 0.15) is 38.8 Å². The summed E-state index contributed by atoms with van der Waals surface area (Å²) in [5, 5.41) is 0. The first kappa shape index (κ1) is 20.7. The molecule has 11 heteroatoms. The normalized spacial score (nSPS) is 20.0. The molecule has 1 saturated heterocycles. The summed E-state index contributed by atoms with van der Waals surface area (Å²) in [4.78, 5) is 0. The SMILES string of the molecule is CC1(C)OB(C(F)=Cc2c(F)c(F)c(F)c(F)c2C(F)(F)F)OC1(C)C. The number of rotatable bonds is 2. The zero-order valence-corrected chi connectivity index (χ0v) is 14.0. The van der Waals surface area contributed by atoms with Crippen molar-refractivity contribution in [1.82, 2.24) is 0 Å². The van der Waals surface area contributed by atoms with Crippen molar-refractivity contribution >= 4 is 13.2 Å². The van der Waals surface area contributed by atoms with E-state index in [1.165, 1.54) is 27.7 Å². The van der Waals surface area contributed by atoms with E-state index in [-0.39, 0.29) is 6.08 Å². The maximum Gasteiger partial charge on any atom is 0.525 e. The highest BCUT2D eigenvalue weighted by Gasteiger charge is 2.53. The first-order chi connectivity index (χ1) is 11.6. The predicted octanol–water partition coefficient (Wildman–Crippen LogP) is 5.20. The van der Waals surface area contributed by atoms with Crippen LogP contribution in [0.25, 0.3) is 6.08 Å². The summed E-state index contributed by atoms with van der Waals surface area (Å²) in [6, 6.07) is 0. The van der Waals surface area contributed by atoms with E-state index in [1.54, 1.807) is 0 Å². The Balaban J connectivity index is 2.61. The molecule has 2 rings (SSSR count). The molecule has 0 spiro atoms. The quantitative estimate of drug-likeness (QED) is 0.300. The van der Waals surface area contributed by atoms with E-state index in [2.05, 4.69) is 0 Å². The monoisotopic (exact) mass is 388 g/mol.